The molecule has 8 nitrogen and oxygen atoms in total. The maximum atomic E-state index is 11.5. The van der Waals surface area contributed by atoms with Gasteiger partial charge in [0.1, 0.15) is 5.69 Å². The fourth-order valence-electron chi connectivity index (χ4n) is 2.29. The van der Waals surface area contributed by atoms with Crippen molar-refractivity contribution < 1.29 is 13.3 Å². The minimum absolute atomic E-state index is 0.102. The first kappa shape index (κ1) is 18.7. The van der Waals surface area contributed by atoms with E-state index in [1.54, 1.807) is 0 Å². The molecule has 0 heterocycles. The van der Waals surface area contributed by atoms with Crippen molar-refractivity contribution in [2.75, 3.05) is 17.2 Å². The number of nitrogens with zero attached hydrogens (tertiary/aromatic N) is 1. The van der Waals surface area contributed by atoms with E-state index in [1.807, 2.05) is 24.3 Å². The third-order valence-corrected chi connectivity index (χ3v) is 4.45. The van der Waals surface area contributed by atoms with Gasteiger partial charge in [0.2, 0.25) is 10.0 Å². The Balaban J connectivity index is 2.19. The highest BCUT2D eigenvalue weighted by atomic mass is 32.2. The zero-order chi connectivity index (χ0) is 18.4. The summed E-state index contributed by atoms with van der Waals surface area (Å²) < 4.78 is 23.1. The summed E-state index contributed by atoms with van der Waals surface area (Å²) in [5.41, 5.74) is 1.45. The summed E-state index contributed by atoms with van der Waals surface area (Å²) in [7, 11) is -4.19. The van der Waals surface area contributed by atoms with Crippen LogP contribution in [0.4, 0.5) is 17.1 Å². The number of nitro benzene ring substituents is 1. The fourth-order valence-corrected chi connectivity index (χ4v) is 3.01. The molecular weight excluding hydrogens is 344 g/mol. The molecule has 0 unspecified atom stereocenters. The smallest absolute Gasteiger partial charge is 0.312 e. The van der Waals surface area contributed by atoms with Crippen molar-refractivity contribution in [1.29, 1.82) is 0 Å². The van der Waals surface area contributed by atoms with Gasteiger partial charge in [-0.3, -0.25) is 10.1 Å². The molecule has 0 atom stereocenters. The molecular formula is C16H20N4O4S. The zero-order valence-electron chi connectivity index (χ0n) is 13.7. The Bertz CT molecular complexity index is 851. The summed E-state index contributed by atoms with van der Waals surface area (Å²) in [6, 6.07) is 11.6. The molecule has 2 rings (SSSR count). The monoisotopic (exact) mass is 364 g/mol. The first-order chi connectivity index (χ1) is 11.8. The van der Waals surface area contributed by atoms with Gasteiger partial charge in [-0.05, 0) is 36.2 Å². The lowest BCUT2D eigenvalue weighted by atomic mass is 10.2. The first-order valence-electron chi connectivity index (χ1n) is 7.70. The van der Waals surface area contributed by atoms with E-state index in [-0.39, 0.29) is 5.69 Å². The van der Waals surface area contributed by atoms with Crippen LogP contribution in [0.3, 0.4) is 0 Å². The quantitative estimate of drug-likeness (QED) is 0.488. The second-order valence-electron chi connectivity index (χ2n) is 5.43. The van der Waals surface area contributed by atoms with Crippen LogP contribution in [-0.4, -0.2) is 19.9 Å². The number of anilines is 2. The second kappa shape index (κ2) is 7.95. The molecule has 2 aromatic rings. The van der Waals surface area contributed by atoms with Gasteiger partial charge in [0.25, 0.3) is 0 Å². The molecule has 0 spiro atoms. The van der Waals surface area contributed by atoms with E-state index in [0.717, 1.165) is 30.3 Å². The van der Waals surface area contributed by atoms with Crippen LogP contribution in [0.5, 0.6) is 0 Å². The Morgan fingerprint density at radius 3 is 2.36 bits per heavy atom. The van der Waals surface area contributed by atoms with Crippen LogP contribution in [0.25, 0.3) is 0 Å². The summed E-state index contributed by atoms with van der Waals surface area (Å²) in [5, 5.41) is 22.5. The highest BCUT2D eigenvalue weighted by molar-refractivity contribution is 7.89. The maximum absolute atomic E-state index is 11.5. The van der Waals surface area contributed by atoms with Gasteiger partial charge >= 0.3 is 5.69 Å². The van der Waals surface area contributed by atoms with Gasteiger partial charge < -0.3 is 10.6 Å². The van der Waals surface area contributed by atoms with E-state index in [0.29, 0.717) is 6.54 Å². The number of para-hydroxylation sites is 1. The standard InChI is InChI=1S/C16H20N4O4S/c1-2-10-18-13-8-6-12(7-9-13)11-19-14-4-3-5-15(25(17,23)24)16(14)20(21)22/h3-9,18-19H,2,10-11H2,1H3,(H2,17,23,24). The Kier molecular flexibility index (Phi) is 5.94. The number of benzene rings is 2. The Morgan fingerprint density at radius 1 is 1.12 bits per heavy atom. The van der Waals surface area contributed by atoms with Crippen LogP contribution < -0.4 is 15.8 Å². The fraction of sp³-hybridized carbons (Fsp3) is 0.250. The summed E-state index contributed by atoms with van der Waals surface area (Å²) >= 11 is 0. The van der Waals surface area contributed by atoms with Crippen molar-refractivity contribution >= 4 is 27.1 Å². The average molecular weight is 364 g/mol. The summed E-state index contributed by atoms with van der Waals surface area (Å²) in [5.74, 6) is 0. The third-order valence-electron chi connectivity index (χ3n) is 3.50. The summed E-state index contributed by atoms with van der Waals surface area (Å²) in [6.07, 6.45) is 1.02. The number of hydrogen-bond donors (Lipinski definition) is 3. The molecule has 0 saturated carbocycles. The largest absolute Gasteiger partial charge is 0.385 e. The predicted molar refractivity (Wildman–Crippen MR) is 97.0 cm³/mol. The molecule has 0 amide bonds. The minimum atomic E-state index is -4.19. The summed E-state index contributed by atoms with van der Waals surface area (Å²) in [6.45, 7) is 3.26. The van der Waals surface area contributed by atoms with Gasteiger partial charge in [-0.1, -0.05) is 25.1 Å². The van der Waals surface area contributed by atoms with Gasteiger partial charge in [0.15, 0.2) is 4.90 Å². The molecule has 134 valence electrons. The molecule has 0 aliphatic carbocycles. The van der Waals surface area contributed by atoms with E-state index >= 15 is 0 Å². The molecule has 9 heteroatoms. The molecule has 0 aromatic heterocycles. The first-order valence-corrected chi connectivity index (χ1v) is 9.24. The van der Waals surface area contributed by atoms with E-state index < -0.39 is 25.5 Å². The number of sulfonamides is 1. The number of rotatable bonds is 8. The third kappa shape index (κ3) is 4.91. The maximum Gasteiger partial charge on any atom is 0.312 e. The normalized spacial score (nSPS) is 11.1. The topological polar surface area (TPSA) is 127 Å². The highest BCUT2D eigenvalue weighted by Crippen LogP contribution is 2.31. The molecule has 4 N–H and O–H groups in total. The van der Waals surface area contributed by atoms with Crippen LogP contribution in [0.1, 0.15) is 18.9 Å². The summed E-state index contributed by atoms with van der Waals surface area (Å²) in [4.78, 5) is 10.0. The highest BCUT2D eigenvalue weighted by Gasteiger charge is 2.26. The van der Waals surface area contributed by atoms with Crippen molar-refractivity contribution in [3.63, 3.8) is 0 Å². The van der Waals surface area contributed by atoms with E-state index in [9.17, 15) is 18.5 Å². The predicted octanol–water partition coefficient (Wildman–Crippen LogP) is 2.68. The van der Waals surface area contributed by atoms with E-state index in [4.69, 9.17) is 5.14 Å². The molecule has 0 bridgehead atoms. The number of nitrogens with two attached hydrogens (primary N) is 1. The SMILES string of the molecule is CCCNc1ccc(CNc2cccc(S(N)(=O)=O)c2[N+](=O)[O-])cc1. The van der Waals surface area contributed by atoms with Crippen molar-refractivity contribution in [3.05, 3.63) is 58.1 Å². The van der Waals surface area contributed by atoms with Crippen LogP contribution in [0.15, 0.2) is 47.4 Å². The lowest BCUT2D eigenvalue weighted by Gasteiger charge is -2.10. The molecule has 0 aliphatic rings. The van der Waals surface area contributed by atoms with Gasteiger partial charge in [-0.15, -0.1) is 0 Å². The van der Waals surface area contributed by atoms with E-state index in [1.165, 1.54) is 12.1 Å². The molecule has 25 heavy (non-hydrogen) atoms. The van der Waals surface area contributed by atoms with Crippen molar-refractivity contribution in [2.24, 2.45) is 5.14 Å². The van der Waals surface area contributed by atoms with Crippen LogP contribution in [-0.2, 0) is 16.6 Å². The molecule has 0 fully saturated rings. The van der Waals surface area contributed by atoms with Gasteiger partial charge in [0, 0.05) is 18.8 Å². The minimum Gasteiger partial charge on any atom is -0.385 e. The molecule has 0 radical (unpaired) electrons. The lowest BCUT2D eigenvalue weighted by molar-refractivity contribution is -0.386. The van der Waals surface area contributed by atoms with Gasteiger partial charge in [0.05, 0.1) is 4.92 Å². The number of primary sulfonamides is 1. The van der Waals surface area contributed by atoms with Crippen LogP contribution in [0, 0.1) is 10.1 Å². The second-order valence-corrected chi connectivity index (χ2v) is 6.96. The Morgan fingerprint density at radius 2 is 1.80 bits per heavy atom. The van der Waals surface area contributed by atoms with Gasteiger partial charge in [-0.2, -0.15) is 0 Å². The lowest BCUT2D eigenvalue weighted by Crippen LogP contribution is -2.15. The van der Waals surface area contributed by atoms with Crippen LogP contribution >= 0.6 is 0 Å². The van der Waals surface area contributed by atoms with Crippen molar-refractivity contribution in [1.82, 2.24) is 0 Å². The number of hydrogen-bond acceptors (Lipinski definition) is 6. The zero-order valence-corrected chi connectivity index (χ0v) is 14.5. The van der Waals surface area contributed by atoms with Crippen molar-refractivity contribution in [2.45, 2.75) is 24.8 Å². The Hall–Kier alpha value is -2.65. The number of nitrogens with one attached hydrogen (secondary N) is 2. The number of nitro groups is 1. The van der Waals surface area contributed by atoms with Crippen LogP contribution in [0.2, 0.25) is 0 Å². The Labute approximate surface area is 146 Å². The van der Waals surface area contributed by atoms with E-state index in [2.05, 4.69) is 17.6 Å². The molecule has 0 aliphatic heterocycles. The van der Waals surface area contributed by atoms with Crippen molar-refractivity contribution in [3.8, 4) is 0 Å². The van der Waals surface area contributed by atoms with Gasteiger partial charge in [-0.25, -0.2) is 13.6 Å². The average Bonchev–Trinajstić information content (AvgIpc) is 2.57. The molecule has 2 aromatic carbocycles. The molecule has 0 saturated heterocycles.